The van der Waals surface area contributed by atoms with Crippen LogP contribution in [0.5, 0.6) is 0 Å². The summed E-state index contributed by atoms with van der Waals surface area (Å²) < 4.78 is 22.6. The zero-order valence-corrected chi connectivity index (χ0v) is 15.5. The molecule has 0 aliphatic carbocycles. The fourth-order valence-corrected chi connectivity index (χ4v) is 3.87. The lowest BCUT2D eigenvalue weighted by Crippen LogP contribution is -2.11. The standard InChI is InChI=1S/C18H14N4O3S2/c19-27(24,25)14-3-1-13(2-4-14)20-9-16-15-7-12(11-5-6-26-10-11)8-21-17(15)22-18(16)23/h1-10,20H,(H2,19,24,25)(H,21,22,23)/b16-9-. The van der Waals surface area contributed by atoms with Crippen molar-refractivity contribution in [1.82, 2.24) is 4.98 Å². The molecule has 0 unspecified atom stereocenters. The second-order valence-corrected chi connectivity index (χ2v) is 8.20. The van der Waals surface area contributed by atoms with Crippen LogP contribution in [0.15, 0.2) is 64.5 Å². The minimum Gasteiger partial charge on any atom is -0.361 e. The third kappa shape index (κ3) is 3.47. The van der Waals surface area contributed by atoms with Crippen molar-refractivity contribution >= 4 is 44.3 Å². The summed E-state index contributed by atoms with van der Waals surface area (Å²) in [6.45, 7) is 0. The van der Waals surface area contributed by atoms with E-state index in [1.165, 1.54) is 12.1 Å². The number of hydrogen-bond donors (Lipinski definition) is 3. The maximum atomic E-state index is 12.3. The number of nitrogens with zero attached hydrogens (tertiary/aromatic N) is 1. The molecular formula is C18H14N4O3S2. The smallest absolute Gasteiger partial charge is 0.259 e. The van der Waals surface area contributed by atoms with Crippen LogP contribution < -0.4 is 15.8 Å². The second-order valence-electron chi connectivity index (χ2n) is 5.86. The van der Waals surface area contributed by atoms with Crippen LogP contribution in [0.3, 0.4) is 0 Å². The monoisotopic (exact) mass is 398 g/mol. The Hall–Kier alpha value is -3.01. The number of thiophene rings is 1. The fourth-order valence-electron chi connectivity index (χ4n) is 2.69. The number of nitrogens with one attached hydrogen (secondary N) is 2. The number of benzene rings is 1. The van der Waals surface area contributed by atoms with Crippen molar-refractivity contribution in [3.63, 3.8) is 0 Å². The van der Waals surface area contributed by atoms with Crippen molar-refractivity contribution in [1.29, 1.82) is 0 Å². The Morgan fingerprint density at radius 2 is 1.93 bits per heavy atom. The average Bonchev–Trinajstić information content (AvgIpc) is 3.26. The van der Waals surface area contributed by atoms with Crippen molar-refractivity contribution in [2.45, 2.75) is 4.90 Å². The maximum absolute atomic E-state index is 12.3. The first-order valence-corrected chi connectivity index (χ1v) is 10.3. The molecule has 1 aliphatic rings. The number of carbonyl (C=O) groups is 1. The summed E-state index contributed by atoms with van der Waals surface area (Å²) in [5.41, 5.74) is 3.75. The summed E-state index contributed by atoms with van der Waals surface area (Å²) in [7, 11) is -3.74. The molecule has 0 bridgehead atoms. The predicted octanol–water partition coefficient (Wildman–Crippen LogP) is 2.86. The molecule has 0 radical (unpaired) electrons. The number of pyridine rings is 1. The quantitative estimate of drug-likeness (QED) is 0.585. The summed E-state index contributed by atoms with van der Waals surface area (Å²) in [4.78, 5) is 16.6. The number of aromatic nitrogens is 1. The number of fused-ring (bicyclic) bond motifs is 1. The highest BCUT2D eigenvalue weighted by Crippen LogP contribution is 2.33. The molecule has 4 rings (SSSR count). The topological polar surface area (TPSA) is 114 Å². The van der Waals surface area contributed by atoms with Gasteiger partial charge in [0, 0.05) is 29.2 Å². The first-order valence-electron chi connectivity index (χ1n) is 7.86. The molecule has 1 aromatic carbocycles. The molecule has 27 heavy (non-hydrogen) atoms. The van der Waals surface area contributed by atoms with Gasteiger partial charge in [0.1, 0.15) is 5.82 Å². The molecule has 9 heteroatoms. The SMILES string of the molecule is NS(=O)(=O)c1ccc(N/C=C2\C(=O)Nc3ncc(-c4ccsc4)cc32)cc1. The van der Waals surface area contributed by atoms with Crippen molar-refractivity contribution in [3.05, 3.63) is 65.1 Å². The molecule has 4 N–H and O–H groups in total. The summed E-state index contributed by atoms with van der Waals surface area (Å²) in [5, 5.41) is 14.8. The van der Waals surface area contributed by atoms with Gasteiger partial charge in [-0.1, -0.05) is 0 Å². The fraction of sp³-hybridized carbons (Fsp3) is 0. The van der Waals surface area contributed by atoms with Crippen LogP contribution in [0, 0.1) is 0 Å². The molecule has 7 nitrogen and oxygen atoms in total. The lowest BCUT2D eigenvalue weighted by molar-refractivity contribution is -0.110. The molecule has 2 aromatic heterocycles. The van der Waals surface area contributed by atoms with E-state index in [1.54, 1.807) is 35.9 Å². The van der Waals surface area contributed by atoms with Crippen molar-refractivity contribution < 1.29 is 13.2 Å². The van der Waals surface area contributed by atoms with Crippen LogP contribution in [0.4, 0.5) is 11.5 Å². The molecule has 0 atom stereocenters. The second kappa shape index (κ2) is 6.62. The molecule has 0 saturated carbocycles. The summed E-state index contributed by atoms with van der Waals surface area (Å²) in [5.74, 6) is 0.255. The van der Waals surface area contributed by atoms with Crippen LogP contribution in [-0.4, -0.2) is 19.3 Å². The van der Waals surface area contributed by atoms with Gasteiger partial charge in [-0.2, -0.15) is 11.3 Å². The molecule has 0 spiro atoms. The Kier molecular flexibility index (Phi) is 4.27. The van der Waals surface area contributed by atoms with Gasteiger partial charge in [-0.3, -0.25) is 4.79 Å². The van der Waals surface area contributed by atoms with Gasteiger partial charge >= 0.3 is 0 Å². The molecule has 1 aliphatic heterocycles. The van der Waals surface area contributed by atoms with E-state index >= 15 is 0 Å². The van der Waals surface area contributed by atoms with Gasteiger partial charge in [-0.05, 0) is 52.7 Å². The zero-order valence-electron chi connectivity index (χ0n) is 13.8. The first-order chi connectivity index (χ1) is 12.9. The minimum atomic E-state index is -3.74. The van der Waals surface area contributed by atoms with Crippen molar-refractivity contribution in [2.75, 3.05) is 10.6 Å². The third-order valence-corrected chi connectivity index (χ3v) is 5.69. The van der Waals surface area contributed by atoms with E-state index in [2.05, 4.69) is 15.6 Å². The highest BCUT2D eigenvalue weighted by atomic mass is 32.2. The Morgan fingerprint density at radius 1 is 1.15 bits per heavy atom. The molecule has 3 heterocycles. The number of hydrogen-bond acceptors (Lipinski definition) is 6. The largest absolute Gasteiger partial charge is 0.361 e. The number of carbonyl (C=O) groups excluding carboxylic acids is 1. The van der Waals surface area contributed by atoms with Crippen LogP contribution in [0.2, 0.25) is 0 Å². The average molecular weight is 398 g/mol. The highest BCUT2D eigenvalue weighted by molar-refractivity contribution is 7.89. The lowest BCUT2D eigenvalue weighted by Gasteiger charge is -2.05. The number of amides is 1. The van der Waals surface area contributed by atoms with Crippen LogP contribution in [-0.2, 0) is 14.8 Å². The number of rotatable bonds is 4. The Balaban J connectivity index is 1.63. The van der Waals surface area contributed by atoms with Gasteiger partial charge in [0.2, 0.25) is 10.0 Å². The van der Waals surface area contributed by atoms with Crippen LogP contribution >= 0.6 is 11.3 Å². The third-order valence-electron chi connectivity index (χ3n) is 4.07. The lowest BCUT2D eigenvalue weighted by atomic mass is 10.1. The zero-order chi connectivity index (χ0) is 19.0. The summed E-state index contributed by atoms with van der Waals surface area (Å²) in [6.07, 6.45) is 3.30. The van der Waals surface area contributed by atoms with E-state index in [-0.39, 0.29) is 10.8 Å². The predicted molar refractivity (Wildman–Crippen MR) is 106 cm³/mol. The summed E-state index contributed by atoms with van der Waals surface area (Å²) in [6, 6.07) is 9.85. The maximum Gasteiger partial charge on any atom is 0.259 e. The highest BCUT2D eigenvalue weighted by Gasteiger charge is 2.26. The van der Waals surface area contributed by atoms with E-state index in [0.717, 1.165) is 11.1 Å². The molecule has 0 fully saturated rings. The van der Waals surface area contributed by atoms with Gasteiger partial charge < -0.3 is 10.6 Å². The van der Waals surface area contributed by atoms with Crippen LogP contribution in [0.1, 0.15) is 5.56 Å². The van der Waals surface area contributed by atoms with E-state index < -0.39 is 10.0 Å². The van der Waals surface area contributed by atoms with Crippen LogP contribution in [0.25, 0.3) is 16.7 Å². The van der Waals surface area contributed by atoms with Crippen molar-refractivity contribution in [2.24, 2.45) is 5.14 Å². The molecule has 0 saturated heterocycles. The normalized spacial score (nSPS) is 14.9. The number of sulfonamides is 1. The van der Waals surface area contributed by atoms with Gasteiger partial charge in [-0.25, -0.2) is 18.5 Å². The first kappa shape index (κ1) is 17.4. The molecule has 1 amide bonds. The Morgan fingerprint density at radius 3 is 2.59 bits per heavy atom. The molecule has 136 valence electrons. The Bertz CT molecular complexity index is 1150. The van der Waals surface area contributed by atoms with E-state index in [1.807, 2.05) is 22.9 Å². The van der Waals surface area contributed by atoms with Gasteiger partial charge in [-0.15, -0.1) is 0 Å². The molecular weight excluding hydrogens is 384 g/mol. The number of nitrogens with two attached hydrogens (primary N) is 1. The van der Waals surface area contributed by atoms with Gasteiger partial charge in [0.25, 0.3) is 5.91 Å². The van der Waals surface area contributed by atoms with Gasteiger partial charge in [0.05, 0.1) is 10.5 Å². The minimum absolute atomic E-state index is 0.0225. The summed E-state index contributed by atoms with van der Waals surface area (Å²) >= 11 is 1.59. The van der Waals surface area contributed by atoms with Gasteiger partial charge in [0.15, 0.2) is 0 Å². The Labute approximate surface area is 159 Å². The molecule has 3 aromatic rings. The van der Waals surface area contributed by atoms with E-state index in [4.69, 9.17) is 5.14 Å². The van der Waals surface area contributed by atoms with E-state index in [0.29, 0.717) is 22.6 Å². The number of anilines is 2. The van der Waals surface area contributed by atoms with Crippen molar-refractivity contribution in [3.8, 4) is 11.1 Å². The number of primary sulfonamides is 1. The van der Waals surface area contributed by atoms with E-state index in [9.17, 15) is 13.2 Å².